The third-order valence-corrected chi connectivity index (χ3v) is 4.00. The second kappa shape index (κ2) is 8.03. The molecule has 1 aromatic carbocycles. The fourth-order valence-corrected chi connectivity index (χ4v) is 2.97. The minimum atomic E-state index is -0.0789. The standard InChI is InChI=1S/C17H25NO4/c1-4-22-17(19)14-8-6-10-18(12-14)11-13-7-5-9-15(20-2)16(13)21-3/h5,7,9,14H,4,6,8,10-12H2,1-3H3/t14-/m0/s1. The molecule has 1 fully saturated rings. The molecule has 5 heteroatoms. The lowest BCUT2D eigenvalue weighted by Crippen LogP contribution is -2.39. The topological polar surface area (TPSA) is 48.0 Å². The van der Waals surface area contributed by atoms with Gasteiger partial charge in [0, 0.05) is 18.7 Å². The second-order valence-electron chi connectivity index (χ2n) is 5.48. The lowest BCUT2D eigenvalue weighted by molar-refractivity contribution is -0.150. The third kappa shape index (κ3) is 3.91. The summed E-state index contributed by atoms with van der Waals surface area (Å²) in [5, 5.41) is 0. The number of ether oxygens (including phenoxy) is 3. The molecule has 0 aliphatic carbocycles. The summed E-state index contributed by atoms with van der Waals surface area (Å²) in [5.74, 6) is 1.40. The van der Waals surface area contributed by atoms with Crippen molar-refractivity contribution in [2.24, 2.45) is 5.92 Å². The number of nitrogens with zero attached hydrogens (tertiary/aromatic N) is 1. The van der Waals surface area contributed by atoms with Crippen molar-refractivity contribution in [3.8, 4) is 11.5 Å². The summed E-state index contributed by atoms with van der Waals surface area (Å²) >= 11 is 0. The molecule has 1 saturated heterocycles. The van der Waals surface area contributed by atoms with Crippen molar-refractivity contribution < 1.29 is 19.0 Å². The summed E-state index contributed by atoms with van der Waals surface area (Å²) in [5.41, 5.74) is 1.08. The molecule has 1 aliphatic heterocycles. The molecule has 0 spiro atoms. The Kier molecular flexibility index (Phi) is 6.07. The van der Waals surface area contributed by atoms with Crippen LogP contribution >= 0.6 is 0 Å². The third-order valence-electron chi connectivity index (χ3n) is 4.00. The van der Waals surface area contributed by atoms with Crippen LogP contribution in [0.1, 0.15) is 25.3 Å². The molecular weight excluding hydrogens is 282 g/mol. The van der Waals surface area contributed by atoms with Gasteiger partial charge in [-0.3, -0.25) is 9.69 Å². The molecule has 0 radical (unpaired) electrons. The van der Waals surface area contributed by atoms with Crippen LogP contribution in [0.2, 0.25) is 0 Å². The predicted molar refractivity (Wildman–Crippen MR) is 84.2 cm³/mol. The van der Waals surface area contributed by atoms with Crippen LogP contribution in [-0.4, -0.2) is 44.8 Å². The largest absolute Gasteiger partial charge is 0.493 e. The molecule has 1 heterocycles. The normalized spacial score (nSPS) is 18.8. The van der Waals surface area contributed by atoms with E-state index in [1.165, 1.54) is 0 Å². The zero-order chi connectivity index (χ0) is 15.9. The Labute approximate surface area is 132 Å². The van der Waals surface area contributed by atoms with E-state index < -0.39 is 0 Å². The van der Waals surface area contributed by atoms with Gasteiger partial charge in [0.1, 0.15) is 0 Å². The Balaban J connectivity index is 2.06. The second-order valence-corrected chi connectivity index (χ2v) is 5.48. The number of likely N-dealkylation sites (tertiary alicyclic amines) is 1. The van der Waals surface area contributed by atoms with Gasteiger partial charge in [-0.25, -0.2) is 0 Å². The van der Waals surface area contributed by atoms with Gasteiger partial charge in [-0.05, 0) is 32.4 Å². The highest BCUT2D eigenvalue weighted by atomic mass is 16.5. The molecule has 5 nitrogen and oxygen atoms in total. The maximum atomic E-state index is 11.9. The van der Waals surface area contributed by atoms with E-state index in [1.54, 1.807) is 14.2 Å². The highest BCUT2D eigenvalue weighted by molar-refractivity contribution is 5.72. The van der Waals surface area contributed by atoms with Gasteiger partial charge in [-0.1, -0.05) is 12.1 Å². The van der Waals surface area contributed by atoms with Crippen molar-refractivity contribution in [1.82, 2.24) is 4.90 Å². The van der Waals surface area contributed by atoms with Gasteiger partial charge in [0.25, 0.3) is 0 Å². The molecule has 122 valence electrons. The Bertz CT molecular complexity index is 503. The number of esters is 1. The van der Waals surface area contributed by atoms with E-state index >= 15 is 0 Å². The minimum absolute atomic E-state index is 0.0229. The highest BCUT2D eigenvalue weighted by Gasteiger charge is 2.27. The average molecular weight is 307 g/mol. The monoisotopic (exact) mass is 307 g/mol. The van der Waals surface area contributed by atoms with E-state index in [4.69, 9.17) is 14.2 Å². The molecular formula is C17H25NO4. The van der Waals surface area contributed by atoms with Crippen LogP contribution in [-0.2, 0) is 16.1 Å². The number of rotatable bonds is 6. The Hall–Kier alpha value is -1.75. The van der Waals surface area contributed by atoms with E-state index in [0.717, 1.165) is 49.5 Å². The van der Waals surface area contributed by atoms with Gasteiger partial charge in [-0.15, -0.1) is 0 Å². The summed E-state index contributed by atoms with van der Waals surface area (Å²) in [4.78, 5) is 14.2. The summed E-state index contributed by atoms with van der Waals surface area (Å²) in [6.45, 7) is 4.75. The highest BCUT2D eigenvalue weighted by Crippen LogP contribution is 2.32. The van der Waals surface area contributed by atoms with Crippen molar-refractivity contribution in [3.05, 3.63) is 23.8 Å². The number of methoxy groups -OCH3 is 2. The van der Waals surface area contributed by atoms with Crippen LogP contribution < -0.4 is 9.47 Å². The zero-order valence-corrected chi connectivity index (χ0v) is 13.6. The van der Waals surface area contributed by atoms with E-state index in [9.17, 15) is 4.79 Å². The van der Waals surface area contributed by atoms with Gasteiger partial charge >= 0.3 is 5.97 Å². The summed E-state index contributed by atoms with van der Waals surface area (Å²) in [7, 11) is 3.29. The zero-order valence-electron chi connectivity index (χ0n) is 13.6. The molecule has 1 aromatic rings. The summed E-state index contributed by atoms with van der Waals surface area (Å²) < 4.78 is 16.0. The van der Waals surface area contributed by atoms with Gasteiger partial charge in [0.05, 0.1) is 26.7 Å². The van der Waals surface area contributed by atoms with Crippen molar-refractivity contribution in [2.45, 2.75) is 26.3 Å². The maximum absolute atomic E-state index is 11.9. The fraction of sp³-hybridized carbons (Fsp3) is 0.588. The Morgan fingerprint density at radius 1 is 1.32 bits per heavy atom. The van der Waals surface area contributed by atoms with E-state index in [-0.39, 0.29) is 11.9 Å². The molecule has 1 atom stereocenters. The van der Waals surface area contributed by atoms with Crippen molar-refractivity contribution in [1.29, 1.82) is 0 Å². The van der Waals surface area contributed by atoms with Gasteiger partial charge in [0.2, 0.25) is 0 Å². The van der Waals surface area contributed by atoms with Gasteiger partial charge in [0.15, 0.2) is 11.5 Å². The number of piperidine rings is 1. The molecule has 2 rings (SSSR count). The number of hydrogen-bond acceptors (Lipinski definition) is 5. The number of hydrogen-bond donors (Lipinski definition) is 0. The number of benzene rings is 1. The number of para-hydroxylation sites is 1. The first-order chi connectivity index (χ1) is 10.7. The number of carbonyl (C=O) groups excluding carboxylic acids is 1. The van der Waals surface area contributed by atoms with Gasteiger partial charge < -0.3 is 14.2 Å². The number of carbonyl (C=O) groups is 1. The molecule has 0 unspecified atom stereocenters. The molecule has 0 N–H and O–H groups in total. The lowest BCUT2D eigenvalue weighted by atomic mass is 9.97. The molecule has 1 aliphatic rings. The SMILES string of the molecule is CCOC(=O)[C@H]1CCCN(Cc2cccc(OC)c2OC)C1. The first-order valence-electron chi connectivity index (χ1n) is 7.78. The molecule has 0 bridgehead atoms. The fourth-order valence-electron chi connectivity index (χ4n) is 2.97. The van der Waals surface area contributed by atoms with Crippen LogP contribution in [0.25, 0.3) is 0 Å². The van der Waals surface area contributed by atoms with Crippen molar-refractivity contribution in [2.75, 3.05) is 33.9 Å². The Morgan fingerprint density at radius 2 is 2.14 bits per heavy atom. The van der Waals surface area contributed by atoms with Crippen LogP contribution in [0.15, 0.2) is 18.2 Å². The predicted octanol–water partition coefficient (Wildman–Crippen LogP) is 2.48. The summed E-state index contributed by atoms with van der Waals surface area (Å²) in [6, 6.07) is 5.89. The molecule has 22 heavy (non-hydrogen) atoms. The van der Waals surface area contributed by atoms with E-state index in [0.29, 0.717) is 6.61 Å². The van der Waals surface area contributed by atoms with Crippen LogP contribution in [0.3, 0.4) is 0 Å². The van der Waals surface area contributed by atoms with E-state index in [1.807, 2.05) is 25.1 Å². The smallest absolute Gasteiger partial charge is 0.310 e. The molecule has 0 saturated carbocycles. The maximum Gasteiger partial charge on any atom is 0.310 e. The van der Waals surface area contributed by atoms with Gasteiger partial charge in [-0.2, -0.15) is 0 Å². The van der Waals surface area contributed by atoms with Crippen LogP contribution in [0, 0.1) is 5.92 Å². The summed E-state index contributed by atoms with van der Waals surface area (Å²) in [6.07, 6.45) is 1.92. The minimum Gasteiger partial charge on any atom is -0.493 e. The average Bonchev–Trinajstić information content (AvgIpc) is 2.55. The van der Waals surface area contributed by atoms with Crippen molar-refractivity contribution >= 4 is 5.97 Å². The molecule has 0 amide bonds. The quantitative estimate of drug-likeness (QED) is 0.756. The van der Waals surface area contributed by atoms with Crippen molar-refractivity contribution in [3.63, 3.8) is 0 Å². The molecule has 0 aromatic heterocycles. The van der Waals surface area contributed by atoms with Crippen LogP contribution in [0.5, 0.6) is 11.5 Å². The lowest BCUT2D eigenvalue weighted by Gasteiger charge is -2.31. The van der Waals surface area contributed by atoms with Crippen LogP contribution in [0.4, 0.5) is 0 Å². The van der Waals surface area contributed by atoms with E-state index in [2.05, 4.69) is 4.90 Å². The first-order valence-corrected chi connectivity index (χ1v) is 7.78. The first kappa shape index (κ1) is 16.6. The Morgan fingerprint density at radius 3 is 2.82 bits per heavy atom.